The lowest BCUT2D eigenvalue weighted by atomic mass is 10.1. The van der Waals surface area contributed by atoms with E-state index in [4.69, 9.17) is 5.41 Å². The fraction of sp³-hybridized carbons (Fsp3) is 0.211. The molecule has 2 aromatic rings. The predicted octanol–water partition coefficient (Wildman–Crippen LogP) is 4.70. The first kappa shape index (κ1) is 15.7. The van der Waals surface area contributed by atoms with Crippen LogP contribution in [0.3, 0.4) is 0 Å². The summed E-state index contributed by atoms with van der Waals surface area (Å²) < 4.78 is 0. The molecule has 2 aromatic carbocycles. The second kappa shape index (κ2) is 7.33. The van der Waals surface area contributed by atoms with Crippen molar-refractivity contribution >= 4 is 24.0 Å². The van der Waals surface area contributed by atoms with Gasteiger partial charge in [-0.05, 0) is 29.5 Å². The molecule has 1 N–H and O–H groups in total. The van der Waals surface area contributed by atoms with E-state index in [1.54, 1.807) is 0 Å². The molecular weight excluding hydrogens is 273 g/mol. The molecule has 0 fully saturated rings. The third-order valence-corrected chi connectivity index (χ3v) is 5.78. The highest BCUT2D eigenvalue weighted by Gasteiger charge is 2.17. The van der Waals surface area contributed by atoms with Gasteiger partial charge in [-0.25, -0.2) is 0 Å². The minimum atomic E-state index is -0.762. The molecule has 108 valence electrons. The van der Waals surface area contributed by atoms with Crippen molar-refractivity contribution in [3.8, 4) is 0 Å². The first-order chi connectivity index (χ1) is 10.1. The molecule has 0 saturated carbocycles. The van der Waals surface area contributed by atoms with Gasteiger partial charge in [-0.1, -0.05) is 80.1 Å². The minimum absolute atomic E-state index is 0.480. The Kier molecular flexibility index (Phi) is 5.47. The number of hydrogen-bond donors (Lipinski definition) is 1. The first-order valence-corrected chi connectivity index (χ1v) is 8.60. The second-order valence-corrected chi connectivity index (χ2v) is 7.62. The molecule has 0 atom stereocenters. The van der Waals surface area contributed by atoms with Gasteiger partial charge in [0.25, 0.3) is 0 Å². The normalized spacial score (nSPS) is 12.0. The van der Waals surface area contributed by atoms with E-state index in [1.807, 2.05) is 12.1 Å². The van der Waals surface area contributed by atoms with Crippen LogP contribution in [0.5, 0.6) is 0 Å². The molecule has 0 heterocycles. The van der Waals surface area contributed by atoms with Gasteiger partial charge < -0.3 is 0 Å². The number of nitrogens with one attached hydrogen (secondary N) is 1. The van der Waals surface area contributed by atoms with Gasteiger partial charge in [0.2, 0.25) is 0 Å². The molecule has 0 saturated heterocycles. The molecule has 21 heavy (non-hydrogen) atoms. The van der Waals surface area contributed by atoms with Crippen LogP contribution in [0.2, 0.25) is 0 Å². The molecule has 2 rings (SSSR count). The van der Waals surface area contributed by atoms with E-state index in [0.29, 0.717) is 11.4 Å². The Morgan fingerprint density at radius 2 is 1.33 bits per heavy atom. The van der Waals surface area contributed by atoms with E-state index < -0.39 is 7.92 Å². The summed E-state index contributed by atoms with van der Waals surface area (Å²) in [6.45, 7) is 6.46. The summed E-state index contributed by atoms with van der Waals surface area (Å²) in [7, 11) is -0.762. The maximum atomic E-state index is 8.60. The number of hydrogen-bond acceptors (Lipinski definition) is 1. The van der Waals surface area contributed by atoms with Gasteiger partial charge in [-0.3, -0.25) is 5.41 Å². The molecule has 0 amide bonds. The van der Waals surface area contributed by atoms with Crippen molar-refractivity contribution in [1.82, 2.24) is 0 Å². The molecule has 0 bridgehead atoms. The largest absolute Gasteiger partial charge is 0.300 e. The first-order valence-electron chi connectivity index (χ1n) is 7.26. The van der Waals surface area contributed by atoms with Crippen molar-refractivity contribution < 1.29 is 0 Å². The van der Waals surface area contributed by atoms with Crippen molar-refractivity contribution in [3.63, 3.8) is 0 Å². The van der Waals surface area contributed by atoms with E-state index in [9.17, 15) is 0 Å². The molecule has 0 aromatic heterocycles. The molecule has 0 aliphatic rings. The highest BCUT2D eigenvalue weighted by molar-refractivity contribution is 7.88. The minimum Gasteiger partial charge on any atom is -0.300 e. The monoisotopic (exact) mass is 295 g/mol. The molecular formula is C19H22NP. The van der Waals surface area contributed by atoms with Gasteiger partial charge >= 0.3 is 0 Å². The number of allylic oxidation sites excluding steroid dienone is 2. The maximum Gasteiger partial charge on any atom is 0.0631 e. The molecule has 0 aliphatic carbocycles. The lowest BCUT2D eigenvalue weighted by Crippen LogP contribution is -2.16. The lowest BCUT2D eigenvalue weighted by molar-refractivity contribution is 0.771. The van der Waals surface area contributed by atoms with Crippen molar-refractivity contribution in [1.29, 1.82) is 5.41 Å². The van der Waals surface area contributed by atoms with Gasteiger partial charge in [0.1, 0.15) is 0 Å². The van der Waals surface area contributed by atoms with Gasteiger partial charge in [0, 0.05) is 7.92 Å². The van der Waals surface area contributed by atoms with Crippen molar-refractivity contribution in [2.75, 3.05) is 0 Å². The Labute approximate surface area is 129 Å². The van der Waals surface area contributed by atoms with Crippen LogP contribution in [-0.4, -0.2) is 5.45 Å². The summed E-state index contributed by atoms with van der Waals surface area (Å²) >= 11 is 0. The summed E-state index contributed by atoms with van der Waals surface area (Å²) in [4.78, 5) is 0. The molecule has 0 unspecified atom stereocenters. The predicted molar refractivity (Wildman–Crippen MR) is 95.4 cm³/mol. The summed E-state index contributed by atoms with van der Waals surface area (Å²) in [5, 5.41) is 11.1. The van der Waals surface area contributed by atoms with Gasteiger partial charge in [0.05, 0.1) is 5.45 Å². The fourth-order valence-electron chi connectivity index (χ4n) is 2.03. The van der Waals surface area contributed by atoms with Crippen LogP contribution in [-0.2, 0) is 0 Å². The van der Waals surface area contributed by atoms with Crippen molar-refractivity contribution in [2.24, 2.45) is 5.92 Å². The molecule has 2 heteroatoms. The number of rotatable bonds is 5. The van der Waals surface area contributed by atoms with Crippen LogP contribution in [0, 0.1) is 11.3 Å². The Hall–Kier alpha value is -1.72. The third kappa shape index (κ3) is 4.12. The zero-order valence-electron chi connectivity index (χ0n) is 12.9. The Morgan fingerprint density at radius 1 is 0.905 bits per heavy atom. The van der Waals surface area contributed by atoms with E-state index in [1.165, 1.54) is 16.2 Å². The van der Waals surface area contributed by atoms with Crippen LogP contribution < -0.4 is 10.6 Å². The highest BCUT2D eigenvalue weighted by Crippen LogP contribution is 2.36. The summed E-state index contributed by atoms with van der Waals surface area (Å²) in [6, 6.07) is 20.8. The molecule has 0 spiro atoms. The van der Waals surface area contributed by atoms with Gasteiger partial charge in [-0.15, -0.1) is 0 Å². The Morgan fingerprint density at radius 3 is 1.71 bits per heavy atom. The van der Waals surface area contributed by atoms with Crippen LogP contribution in [0.25, 0.3) is 0 Å². The maximum absolute atomic E-state index is 8.60. The van der Waals surface area contributed by atoms with Crippen LogP contribution in [0.15, 0.2) is 72.3 Å². The van der Waals surface area contributed by atoms with Crippen molar-refractivity contribution in [2.45, 2.75) is 20.8 Å². The zero-order valence-corrected chi connectivity index (χ0v) is 13.8. The lowest BCUT2D eigenvalue weighted by Gasteiger charge is -2.19. The van der Waals surface area contributed by atoms with E-state index in [2.05, 4.69) is 75.4 Å². The fourth-order valence-corrected chi connectivity index (χ4v) is 4.16. The molecule has 1 nitrogen and oxygen atoms in total. The van der Waals surface area contributed by atoms with Crippen LogP contribution in [0.4, 0.5) is 0 Å². The smallest absolute Gasteiger partial charge is 0.0631 e. The third-order valence-electron chi connectivity index (χ3n) is 3.54. The van der Waals surface area contributed by atoms with Crippen LogP contribution in [0.1, 0.15) is 20.8 Å². The summed E-state index contributed by atoms with van der Waals surface area (Å²) in [5.41, 5.74) is 1.98. The quantitative estimate of drug-likeness (QED) is 0.611. The van der Waals surface area contributed by atoms with Gasteiger partial charge in [0.15, 0.2) is 0 Å². The average molecular weight is 295 g/mol. The standard InChI is InChI=1S/C19H22NP/c1-15(2)16(3)14-19(20)21(17-10-6-4-7-11-17)18-12-8-5-9-13-18/h4-15,20H,1-3H3/b16-14-,20-19?. The molecule has 0 aliphatic heterocycles. The Balaban J connectivity index is 2.43. The Bertz CT molecular complexity index is 575. The van der Waals surface area contributed by atoms with Crippen LogP contribution >= 0.6 is 7.92 Å². The summed E-state index contributed by atoms with van der Waals surface area (Å²) in [5.74, 6) is 0.480. The average Bonchev–Trinajstić information content (AvgIpc) is 2.49. The zero-order chi connectivity index (χ0) is 15.2. The summed E-state index contributed by atoms with van der Waals surface area (Å²) in [6.07, 6.45) is 2.05. The number of benzene rings is 2. The second-order valence-electron chi connectivity index (χ2n) is 5.43. The van der Waals surface area contributed by atoms with E-state index in [0.717, 1.165) is 0 Å². The van der Waals surface area contributed by atoms with E-state index >= 15 is 0 Å². The van der Waals surface area contributed by atoms with Crippen molar-refractivity contribution in [3.05, 3.63) is 72.3 Å². The van der Waals surface area contributed by atoms with E-state index in [-0.39, 0.29) is 0 Å². The SMILES string of the molecule is C/C(=C/C(=N)P(c1ccccc1)c1ccccc1)C(C)C. The molecule has 0 radical (unpaired) electrons. The topological polar surface area (TPSA) is 23.9 Å². The highest BCUT2D eigenvalue weighted by atomic mass is 31.1. The van der Waals surface area contributed by atoms with Gasteiger partial charge in [-0.2, -0.15) is 0 Å².